The van der Waals surface area contributed by atoms with E-state index in [4.69, 9.17) is 0 Å². The summed E-state index contributed by atoms with van der Waals surface area (Å²) in [5, 5.41) is 4.65. The van der Waals surface area contributed by atoms with Crippen LogP contribution in [0.25, 0.3) is 10.9 Å². The van der Waals surface area contributed by atoms with Crippen molar-refractivity contribution < 1.29 is 0 Å². The maximum Gasteiger partial charge on any atom is 0.0702 e. The van der Waals surface area contributed by atoms with Crippen molar-refractivity contribution in [2.75, 3.05) is 20.1 Å². The molecular formula is C18H23N3. The van der Waals surface area contributed by atoms with Gasteiger partial charge < -0.3 is 5.32 Å². The van der Waals surface area contributed by atoms with Crippen molar-refractivity contribution in [3.63, 3.8) is 0 Å². The molecule has 1 saturated heterocycles. The molecule has 1 aromatic carbocycles. The first-order chi connectivity index (χ1) is 10.4. The lowest BCUT2D eigenvalue weighted by Crippen LogP contribution is -2.30. The first-order valence-electron chi connectivity index (χ1n) is 8.12. The Morgan fingerprint density at radius 3 is 2.95 bits per heavy atom. The van der Waals surface area contributed by atoms with Gasteiger partial charge in [0.2, 0.25) is 0 Å². The first kappa shape index (κ1) is 13.2. The lowest BCUT2D eigenvalue weighted by molar-refractivity contribution is 0.217. The van der Waals surface area contributed by atoms with Gasteiger partial charge in [-0.05, 0) is 69.1 Å². The zero-order valence-corrected chi connectivity index (χ0v) is 12.6. The molecule has 1 N–H and O–H groups in total. The highest BCUT2D eigenvalue weighted by Crippen LogP contribution is 2.44. The van der Waals surface area contributed by atoms with Crippen LogP contribution in [0.2, 0.25) is 0 Å². The Kier molecular flexibility index (Phi) is 3.40. The predicted molar refractivity (Wildman–Crippen MR) is 86.2 cm³/mol. The summed E-state index contributed by atoms with van der Waals surface area (Å²) in [4.78, 5) is 7.19. The summed E-state index contributed by atoms with van der Waals surface area (Å²) in [6.07, 6.45) is 5.96. The second kappa shape index (κ2) is 5.39. The molecule has 3 nitrogen and oxygen atoms in total. The highest BCUT2D eigenvalue weighted by molar-refractivity contribution is 5.79. The van der Waals surface area contributed by atoms with Gasteiger partial charge in [0.15, 0.2) is 0 Å². The fourth-order valence-corrected chi connectivity index (χ4v) is 3.92. The molecule has 0 bridgehead atoms. The molecule has 2 unspecified atom stereocenters. The molecule has 0 spiro atoms. The minimum absolute atomic E-state index is 0.578. The second-order valence-corrected chi connectivity index (χ2v) is 6.48. The second-order valence-electron chi connectivity index (χ2n) is 6.48. The van der Waals surface area contributed by atoms with Gasteiger partial charge in [0.1, 0.15) is 0 Å². The number of aromatic nitrogens is 1. The van der Waals surface area contributed by atoms with E-state index in [-0.39, 0.29) is 0 Å². The van der Waals surface area contributed by atoms with Crippen LogP contribution in [-0.2, 0) is 0 Å². The van der Waals surface area contributed by atoms with E-state index >= 15 is 0 Å². The molecule has 1 saturated carbocycles. The zero-order chi connectivity index (χ0) is 14.2. The van der Waals surface area contributed by atoms with E-state index in [0.29, 0.717) is 6.04 Å². The van der Waals surface area contributed by atoms with Crippen molar-refractivity contribution >= 4 is 10.9 Å². The van der Waals surface area contributed by atoms with Gasteiger partial charge in [-0.1, -0.05) is 12.1 Å². The Morgan fingerprint density at radius 1 is 1.24 bits per heavy atom. The van der Waals surface area contributed by atoms with Crippen molar-refractivity contribution in [3.05, 3.63) is 42.1 Å². The molecule has 1 aliphatic heterocycles. The van der Waals surface area contributed by atoms with Crippen molar-refractivity contribution in [1.82, 2.24) is 15.2 Å². The molecule has 110 valence electrons. The number of nitrogens with one attached hydrogen (secondary N) is 1. The van der Waals surface area contributed by atoms with Crippen LogP contribution in [0.4, 0.5) is 0 Å². The molecule has 0 amide bonds. The molecule has 2 fully saturated rings. The van der Waals surface area contributed by atoms with Gasteiger partial charge in [0.05, 0.1) is 5.52 Å². The summed E-state index contributed by atoms with van der Waals surface area (Å²) in [6.45, 7) is 2.37. The fourth-order valence-electron chi connectivity index (χ4n) is 3.92. The van der Waals surface area contributed by atoms with Gasteiger partial charge in [-0.2, -0.15) is 0 Å². The number of pyridine rings is 1. The van der Waals surface area contributed by atoms with Gasteiger partial charge >= 0.3 is 0 Å². The third-order valence-corrected chi connectivity index (χ3v) is 5.01. The largest absolute Gasteiger partial charge is 0.319 e. The summed E-state index contributed by atoms with van der Waals surface area (Å²) in [6, 6.07) is 12.5. The minimum atomic E-state index is 0.578. The lowest BCUT2D eigenvalue weighted by atomic mass is 9.92. The number of likely N-dealkylation sites (tertiary alicyclic amines) is 1. The Bertz CT molecular complexity index is 635. The SMILES string of the molecule is CNCC1CCN(C2CC2)C1c1ccc2ncccc2c1. The van der Waals surface area contributed by atoms with E-state index in [1.807, 2.05) is 12.3 Å². The molecule has 2 heterocycles. The standard InChI is InChI=1S/C18H23N3/c1-19-12-15-8-10-21(16-5-6-16)18(15)14-4-7-17-13(11-14)3-2-9-20-17/h2-4,7,9,11,15-16,18-19H,5-6,8,10,12H2,1H3. The molecule has 2 atom stereocenters. The number of hydrogen-bond donors (Lipinski definition) is 1. The molecule has 3 heteroatoms. The van der Waals surface area contributed by atoms with Crippen LogP contribution in [-0.4, -0.2) is 36.1 Å². The number of rotatable bonds is 4. The lowest BCUT2D eigenvalue weighted by Gasteiger charge is -2.29. The Hall–Kier alpha value is -1.45. The van der Waals surface area contributed by atoms with Crippen LogP contribution >= 0.6 is 0 Å². The molecule has 2 aromatic rings. The van der Waals surface area contributed by atoms with E-state index in [1.165, 1.54) is 36.8 Å². The van der Waals surface area contributed by atoms with Crippen LogP contribution in [0.3, 0.4) is 0 Å². The number of hydrogen-bond acceptors (Lipinski definition) is 3. The normalized spacial score (nSPS) is 26.5. The van der Waals surface area contributed by atoms with E-state index in [9.17, 15) is 0 Å². The Balaban J connectivity index is 1.71. The quantitative estimate of drug-likeness (QED) is 0.934. The molecule has 2 aliphatic rings. The smallest absolute Gasteiger partial charge is 0.0702 e. The molecule has 0 radical (unpaired) electrons. The van der Waals surface area contributed by atoms with Crippen molar-refractivity contribution in [1.29, 1.82) is 0 Å². The predicted octanol–water partition coefficient (Wildman–Crippen LogP) is 2.98. The van der Waals surface area contributed by atoms with Gasteiger partial charge in [-0.25, -0.2) is 0 Å². The monoisotopic (exact) mass is 281 g/mol. The average molecular weight is 281 g/mol. The Labute approximate surface area is 126 Å². The number of fused-ring (bicyclic) bond motifs is 1. The molecule has 1 aliphatic carbocycles. The first-order valence-corrected chi connectivity index (χ1v) is 8.12. The third kappa shape index (κ3) is 2.45. The van der Waals surface area contributed by atoms with Crippen LogP contribution in [0.5, 0.6) is 0 Å². The van der Waals surface area contributed by atoms with Crippen LogP contribution in [0, 0.1) is 5.92 Å². The highest BCUT2D eigenvalue weighted by Gasteiger charge is 2.42. The van der Waals surface area contributed by atoms with Gasteiger partial charge in [0.25, 0.3) is 0 Å². The zero-order valence-electron chi connectivity index (χ0n) is 12.6. The summed E-state index contributed by atoms with van der Waals surface area (Å²) in [5.41, 5.74) is 2.57. The van der Waals surface area contributed by atoms with E-state index in [2.05, 4.69) is 46.5 Å². The maximum atomic E-state index is 4.44. The average Bonchev–Trinajstić information content (AvgIpc) is 3.28. The topological polar surface area (TPSA) is 28.2 Å². The summed E-state index contributed by atoms with van der Waals surface area (Å²) in [7, 11) is 2.07. The third-order valence-electron chi connectivity index (χ3n) is 5.01. The van der Waals surface area contributed by atoms with Gasteiger partial charge in [-0.3, -0.25) is 9.88 Å². The molecule has 21 heavy (non-hydrogen) atoms. The number of benzene rings is 1. The minimum Gasteiger partial charge on any atom is -0.319 e. The van der Waals surface area contributed by atoms with Crippen molar-refractivity contribution in [2.45, 2.75) is 31.3 Å². The van der Waals surface area contributed by atoms with Crippen LogP contribution in [0.15, 0.2) is 36.5 Å². The van der Waals surface area contributed by atoms with E-state index in [1.54, 1.807) is 0 Å². The van der Waals surface area contributed by atoms with Crippen LogP contribution in [0.1, 0.15) is 30.9 Å². The van der Waals surface area contributed by atoms with Gasteiger partial charge in [0, 0.05) is 23.7 Å². The molecule has 4 rings (SSSR count). The van der Waals surface area contributed by atoms with E-state index in [0.717, 1.165) is 24.0 Å². The number of nitrogens with zero attached hydrogens (tertiary/aromatic N) is 2. The highest BCUT2D eigenvalue weighted by atomic mass is 15.2. The molecule has 1 aromatic heterocycles. The maximum absolute atomic E-state index is 4.44. The Morgan fingerprint density at radius 2 is 2.14 bits per heavy atom. The van der Waals surface area contributed by atoms with Crippen LogP contribution < -0.4 is 5.32 Å². The van der Waals surface area contributed by atoms with Gasteiger partial charge in [-0.15, -0.1) is 0 Å². The van der Waals surface area contributed by atoms with Crippen molar-refractivity contribution in [3.8, 4) is 0 Å². The summed E-state index contributed by atoms with van der Waals surface area (Å²) in [5.74, 6) is 0.727. The van der Waals surface area contributed by atoms with E-state index < -0.39 is 0 Å². The fraction of sp³-hybridized carbons (Fsp3) is 0.500. The summed E-state index contributed by atoms with van der Waals surface area (Å²) < 4.78 is 0. The summed E-state index contributed by atoms with van der Waals surface area (Å²) >= 11 is 0. The van der Waals surface area contributed by atoms with Crippen molar-refractivity contribution in [2.24, 2.45) is 5.92 Å². The molecular weight excluding hydrogens is 258 g/mol.